The van der Waals surface area contributed by atoms with Gasteiger partial charge in [-0.3, -0.25) is 9.79 Å². The largest absolute Gasteiger partial charge is 0.497 e. The lowest BCUT2D eigenvalue weighted by molar-refractivity contribution is -0.115. The summed E-state index contributed by atoms with van der Waals surface area (Å²) in [7, 11) is 1.64. The van der Waals surface area contributed by atoms with Crippen LogP contribution in [0.15, 0.2) is 59.7 Å². The number of aromatic nitrogens is 1. The third-order valence-electron chi connectivity index (χ3n) is 4.54. The molecule has 0 fully saturated rings. The Morgan fingerprint density at radius 3 is 2.78 bits per heavy atom. The number of amides is 1. The molecule has 4 rings (SSSR count). The Morgan fingerprint density at radius 2 is 2.00 bits per heavy atom. The van der Waals surface area contributed by atoms with Crippen LogP contribution >= 0.6 is 0 Å². The minimum atomic E-state index is -0.513. The maximum absolute atomic E-state index is 13.3. The monoisotopic (exact) mass is 363 g/mol. The lowest BCUT2D eigenvalue weighted by Crippen LogP contribution is -2.12. The van der Waals surface area contributed by atoms with Gasteiger partial charge in [-0.2, -0.15) is 0 Å². The van der Waals surface area contributed by atoms with E-state index in [0.717, 1.165) is 34.7 Å². The van der Waals surface area contributed by atoms with Crippen molar-refractivity contribution >= 4 is 23.5 Å². The van der Waals surface area contributed by atoms with Gasteiger partial charge in [0.1, 0.15) is 17.5 Å². The van der Waals surface area contributed by atoms with Crippen LogP contribution in [0.5, 0.6) is 5.75 Å². The maximum Gasteiger partial charge on any atom is 0.237 e. The number of H-pyrrole nitrogens is 1. The SMILES string of the molecule is COc1ccc(Cc2cc(N=CC3C(=O)Nc4cc(F)ccc43)c[nH]2)cc1. The molecule has 1 amide bonds. The van der Waals surface area contributed by atoms with E-state index in [1.165, 1.54) is 12.1 Å². The number of nitrogens with zero attached hydrogens (tertiary/aromatic N) is 1. The van der Waals surface area contributed by atoms with Gasteiger partial charge in [-0.25, -0.2) is 4.39 Å². The van der Waals surface area contributed by atoms with E-state index in [1.54, 1.807) is 25.6 Å². The molecular formula is C21H18FN3O2. The Morgan fingerprint density at radius 1 is 1.19 bits per heavy atom. The Balaban J connectivity index is 1.47. The van der Waals surface area contributed by atoms with Crippen LogP contribution in [0.1, 0.15) is 22.7 Å². The van der Waals surface area contributed by atoms with Crippen molar-refractivity contribution in [2.45, 2.75) is 12.3 Å². The second-order valence-corrected chi connectivity index (χ2v) is 6.38. The third-order valence-corrected chi connectivity index (χ3v) is 4.54. The van der Waals surface area contributed by atoms with E-state index in [4.69, 9.17) is 4.74 Å². The van der Waals surface area contributed by atoms with Crippen LogP contribution in [0.3, 0.4) is 0 Å². The van der Waals surface area contributed by atoms with Crippen LogP contribution in [0.25, 0.3) is 0 Å². The number of carbonyl (C=O) groups is 1. The number of benzene rings is 2. The molecule has 1 aromatic heterocycles. The molecule has 136 valence electrons. The number of ether oxygens (including phenoxy) is 1. The van der Waals surface area contributed by atoms with Crippen molar-refractivity contribution in [2.75, 3.05) is 12.4 Å². The molecule has 2 heterocycles. The molecule has 0 saturated carbocycles. The van der Waals surface area contributed by atoms with Crippen LogP contribution in [-0.4, -0.2) is 24.2 Å². The van der Waals surface area contributed by atoms with Crippen molar-refractivity contribution in [2.24, 2.45) is 4.99 Å². The number of aliphatic imine (C=N–C) groups is 1. The summed E-state index contributed by atoms with van der Waals surface area (Å²) < 4.78 is 18.5. The van der Waals surface area contributed by atoms with Crippen LogP contribution in [0.2, 0.25) is 0 Å². The Labute approximate surface area is 155 Å². The van der Waals surface area contributed by atoms with Gasteiger partial charge in [-0.1, -0.05) is 18.2 Å². The second kappa shape index (κ2) is 7.07. The van der Waals surface area contributed by atoms with Crippen molar-refractivity contribution in [1.29, 1.82) is 0 Å². The first kappa shape index (κ1) is 17.0. The lowest BCUT2D eigenvalue weighted by atomic mass is 10.0. The van der Waals surface area contributed by atoms with E-state index in [-0.39, 0.29) is 11.7 Å². The molecule has 1 atom stereocenters. The lowest BCUT2D eigenvalue weighted by Gasteiger charge is -2.02. The van der Waals surface area contributed by atoms with Gasteiger partial charge >= 0.3 is 0 Å². The number of methoxy groups -OCH3 is 1. The summed E-state index contributed by atoms with van der Waals surface area (Å²) in [5.74, 6) is -0.264. The zero-order valence-electron chi connectivity index (χ0n) is 14.7. The maximum atomic E-state index is 13.3. The first-order chi connectivity index (χ1) is 13.1. The number of hydrogen-bond acceptors (Lipinski definition) is 3. The number of halogens is 1. The van der Waals surface area contributed by atoms with Crippen molar-refractivity contribution in [1.82, 2.24) is 4.98 Å². The molecule has 0 bridgehead atoms. The van der Waals surface area contributed by atoms with Gasteiger partial charge in [0.2, 0.25) is 5.91 Å². The predicted octanol–water partition coefficient (Wildman–Crippen LogP) is 4.19. The molecule has 1 aliphatic rings. The predicted molar refractivity (Wildman–Crippen MR) is 103 cm³/mol. The summed E-state index contributed by atoms with van der Waals surface area (Å²) in [6.45, 7) is 0. The van der Waals surface area contributed by atoms with E-state index >= 15 is 0 Å². The van der Waals surface area contributed by atoms with E-state index < -0.39 is 5.92 Å². The Bertz CT molecular complexity index is 1010. The molecule has 27 heavy (non-hydrogen) atoms. The van der Waals surface area contributed by atoms with Gasteiger partial charge < -0.3 is 15.0 Å². The fraction of sp³-hybridized carbons (Fsp3) is 0.143. The van der Waals surface area contributed by atoms with Gasteiger partial charge in [0, 0.05) is 30.2 Å². The van der Waals surface area contributed by atoms with E-state index in [1.807, 2.05) is 30.3 Å². The minimum Gasteiger partial charge on any atom is -0.497 e. The summed E-state index contributed by atoms with van der Waals surface area (Å²) in [5.41, 5.74) is 4.15. The van der Waals surface area contributed by atoms with Crippen molar-refractivity contribution < 1.29 is 13.9 Å². The first-order valence-corrected chi connectivity index (χ1v) is 8.57. The highest BCUT2D eigenvalue weighted by atomic mass is 19.1. The smallest absolute Gasteiger partial charge is 0.237 e. The fourth-order valence-electron chi connectivity index (χ4n) is 3.14. The standard InChI is InChI=1S/C21H18FN3O2/c1-27-17-5-2-13(3-6-17)8-15-10-16(11-23-15)24-12-19-18-7-4-14(22)9-20(18)25-21(19)26/h2-7,9-12,19,23H,8H2,1H3,(H,25,26). The molecule has 2 N–H and O–H groups in total. The number of hydrogen-bond donors (Lipinski definition) is 2. The number of nitrogens with one attached hydrogen (secondary N) is 2. The highest BCUT2D eigenvalue weighted by Crippen LogP contribution is 2.32. The highest BCUT2D eigenvalue weighted by Gasteiger charge is 2.29. The molecule has 0 saturated heterocycles. The van der Waals surface area contributed by atoms with Gasteiger partial charge in [0.25, 0.3) is 0 Å². The van der Waals surface area contributed by atoms with Gasteiger partial charge in [-0.15, -0.1) is 0 Å². The Hall–Kier alpha value is -3.41. The second-order valence-electron chi connectivity index (χ2n) is 6.38. The number of aromatic amines is 1. The average molecular weight is 363 g/mol. The number of rotatable bonds is 5. The zero-order valence-corrected chi connectivity index (χ0v) is 14.7. The molecule has 1 unspecified atom stereocenters. The number of fused-ring (bicyclic) bond motifs is 1. The van der Waals surface area contributed by atoms with Gasteiger partial charge in [0.05, 0.1) is 12.8 Å². The molecule has 0 radical (unpaired) electrons. The summed E-state index contributed by atoms with van der Waals surface area (Å²) >= 11 is 0. The van der Waals surface area contributed by atoms with Gasteiger partial charge in [0.15, 0.2) is 0 Å². The number of carbonyl (C=O) groups excluding carboxylic acids is 1. The quantitative estimate of drug-likeness (QED) is 0.668. The van der Waals surface area contributed by atoms with E-state index in [9.17, 15) is 9.18 Å². The van der Waals surface area contributed by atoms with Gasteiger partial charge in [-0.05, 0) is 41.5 Å². The van der Waals surface area contributed by atoms with E-state index in [0.29, 0.717) is 5.69 Å². The van der Waals surface area contributed by atoms with Crippen molar-refractivity contribution in [3.8, 4) is 5.75 Å². The first-order valence-electron chi connectivity index (χ1n) is 8.57. The van der Waals surface area contributed by atoms with Crippen LogP contribution in [0.4, 0.5) is 15.8 Å². The average Bonchev–Trinajstić information content (AvgIpc) is 3.23. The molecule has 5 nitrogen and oxygen atoms in total. The summed E-state index contributed by atoms with van der Waals surface area (Å²) in [6, 6.07) is 14.1. The molecule has 0 aliphatic carbocycles. The van der Waals surface area contributed by atoms with Crippen molar-refractivity contribution in [3.63, 3.8) is 0 Å². The minimum absolute atomic E-state index is 0.201. The molecule has 6 heteroatoms. The Kier molecular flexibility index (Phi) is 4.46. The van der Waals surface area contributed by atoms with Crippen LogP contribution in [-0.2, 0) is 11.2 Å². The third kappa shape index (κ3) is 3.60. The fourth-order valence-corrected chi connectivity index (χ4v) is 3.14. The zero-order chi connectivity index (χ0) is 18.8. The number of anilines is 1. The molecule has 0 spiro atoms. The normalized spacial score (nSPS) is 15.8. The topological polar surface area (TPSA) is 66.5 Å². The molecular weight excluding hydrogens is 345 g/mol. The summed E-state index contributed by atoms with van der Waals surface area (Å²) in [5, 5.41) is 2.68. The van der Waals surface area contributed by atoms with Crippen molar-refractivity contribution in [3.05, 3.63) is 77.4 Å². The molecule has 2 aromatic carbocycles. The molecule has 1 aliphatic heterocycles. The highest BCUT2D eigenvalue weighted by molar-refractivity contribution is 6.12. The summed E-state index contributed by atoms with van der Waals surface area (Å²) in [6.07, 6.45) is 4.14. The van der Waals surface area contributed by atoms with E-state index in [2.05, 4.69) is 15.3 Å². The summed E-state index contributed by atoms with van der Waals surface area (Å²) in [4.78, 5) is 19.7. The van der Waals surface area contributed by atoms with Crippen LogP contribution in [0, 0.1) is 5.82 Å². The molecule has 3 aromatic rings. The van der Waals surface area contributed by atoms with Crippen LogP contribution < -0.4 is 10.1 Å².